The van der Waals surface area contributed by atoms with E-state index in [2.05, 4.69) is 15.3 Å². The monoisotopic (exact) mass is 394 g/mol. The number of hydrogen-bond donors (Lipinski definition) is 2. The van der Waals surface area contributed by atoms with Crippen molar-refractivity contribution in [2.75, 3.05) is 18.5 Å². The van der Waals surface area contributed by atoms with Crippen LogP contribution in [0.25, 0.3) is 0 Å². The highest BCUT2D eigenvalue weighted by Crippen LogP contribution is 2.27. The van der Waals surface area contributed by atoms with Gasteiger partial charge in [0.1, 0.15) is 5.54 Å². The second kappa shape index (κ2) is 8.81. The minimum absolute atomic E-state index is 0. The van der Waals surface area contributed by atoms with Gasteiger partial charge in [-0.1, -0.05) is 0 Å². The summed E-state index contributed by atoms with van der Waals surface area (Å²) in [5.74, 6) is -0.158. The first kappa shape index (κ1) is 20.6. The Bertz CT molecular complexity index is 744. The predicted molar refractivity (Wildman–Crippen MR) is 105 cm³/mol. The van der Waals surface area contributed by atoms with Gasteiger partial charge in [0, 0.05) is 35.2 Å². The van der Waals surface area contributed by atoms with Crippen molar-refractivity contribution in [3.8, 4) is 0 Å². The molecule has 1 saturated heterocycles. The van der Waals surface area contributed by atoms with E-state index in [9.17, 15) is 4.79 Å². The number of amides is 1. The van der Waals surface area contributed by atoms with Gasteiger partial charge in [-0.15, -0.1) is 12.4 Å². The van der Waals surface area contributed by atoms with Crippen LogP contribution < -0.4 is 11.1 Å². The van der Waals surface area contributed by atoms with E-state index in [1.54, 1.807) is 0 Å². The number of anilines is 1. The van der Waals surface area contributed by atoms with Gasteiger partial charge in [0.05, 0.1) is 0 Å². The lowest BCUT2D eigenvalue weighted by Gasteiger charge is -2.31. The quantitative estimate of drug-likeness (QED) is 0.774. The molecular formula is C18H23ClN4O2S. The van der Waals surface area contributed by atoms with Crippen LogP contribution >= 0.6 is 24.2 Å². The Kier molecular flexibility index (Phi) is 7.00. The second-order valence-electron chi connectivity index (χ2n) is 6.28. The fraction of sp³-hybridized carbons (Fsp3) is 0.389. The van der Waals surface area contributed by atoms with Gasteiger partial charge < -0.3 is 15.8 Å². The number of aromatic nitrogens is 2. The number of ether oxygens (including phenoxy) is 1. The van der Waals surface area contributed by atoms with Gasteiger partial charge in [0.15, 0.2) is 5.16 Å². The summed E-state index contributed by atoms with van der Waals surface area (Å²) in [6.07, 6.45) is 1.08. The molecule has 0 atom stereocenters. The zero-order valence-electron chi connectivity index (χ0n) is 14.8. The molecule has 26 heavy (non-hydrogen) atoms. The molecule has 0 spiro atoms. The molecule has 1 amide bonds. The highest BCUT2D eigenvalue weighted by molar-refractivity contribution is 7.99. The van der Waals surface area contributed by atoms with Crippen LogP contribution in [0.15, 0.2) is 40.4 Å². The number of hydrogen-bond acceptors (Lipinski definition) is 6. The summed E-state index contributed by atoms with van der Waals surface area (Å²) in [4.78, 5) is 22.3. The SMILES string of the molecule is Cc1cc(C)nc(Sc2ccc(NC(=O)C3(N)CCOCC3)cc2)n1.Cl. The van der Waals surface area contributed by atoms with Crippen molar-refractivity contribution in [2.24, 2.45) is 5.73 Å². The van der Waals surface area contributed by atoms with Crippen molar-refractivity contribution in [1.29, 1.82) is 0 Å². The Hall–Kier alpha value is -1.67. The third kappa shape index (κ3) is 5.17. The molecule has 0 unspecified atom stereocenters. The molecule has 0 bridgehead atoms. The average Bonchev–Trinajstić information content (AvgIpc) is 2.56. The van der Waals surface area contributed by atoms with Crippen molar-refractivity contribution >= 4 is 35.8 Å². The van der Waals surface area contributed by atoms with Crippen molar-refractivity contribution in [2.45, 2.75) is 42.3 Å². The number of carbonyl (C=O) groups is 1. The molecule has 0 saturated carbocycles. The summed E-state index contributed by atoms with van der Waals surface area (Å²) in [5.41, 5.74) is 7.97. The Morgan fingerprint density at radius 3 is 2.31 bits per heavy atom. The lowest BCUT2D eigenvalue weighted by molar-refractivity contribution is -0.124. The fourth-order valence-electron chi connectivity index (χ4n) is 2.67. The molecule has 0 aliphatic carbocycles. The fourth-order valence-corrected chi connectivity index (χ4v) is 3.53. The maximum Gasteiger partial charge on any atom is 0.244 e. The van der Waals surface area contributed by atoms with Gasteiger partial charge in [0.25, 0.3) is 0 Å². The molecule has 1 aromatic carbocycles. The third-order valence-electron chi connectivity index (χ3n) is 4.12. The van der Waals surface area contributed by atoms with E-state index in [1.807, 2.05) is 44.2 Å². The minimum Gasteiger partial charge on any atom is -0.381 e. The van der Waals surface area contributed by atoms with Gasteiger partial charge in [-0.05, 0) is 68.8 Å². The summed E-state index contributed by atoms with van der Waals surface area (Å²) >= 11 is 1.49. The number of nitrogens with zero attached hydrogens (tertiary/aromatic N) is 2. The van der Waals surface area contributed by atoms with Gasteiger partial charge in [-0.25, -0.2) is 9.97 Å². The van der Waals surface area contributed by atoms with Gasteiger partial charge >= 0.3 is 0 Å². The highest BCUT2D eigenvalue weighted by Gasteiger charge is 2.35. The van der Waals surface area contributed by atoms with Gasteiger partial charge in [-0.2, -0.15) is 0 Å². The molecular weight excluding hydrogens is 372 g/mol. The summed E-state index contributed by atoms with van der Waals surface area (Å²) in [7, 11) is 0. The Labute approximate surface area is 163 Å². The topological polar surface area (TPSA) is 90.1 Å². The zero-order chi connectivity index (χ0) is 17.9. The molecule has 8 heteroatoms. The van der Waals surface area contributed by atoms with E-state index >= 15 is 0 Å². The van der Waals surface area contributed by atoms with Gasteiger partial charge in [-0.3, -0.25) is 4.79 Å². The summed E-state index contributed by atoms with van der Waals surface area (Å²) in [6.45, 7) is 4.96. The molecule has 1 aromatic heterocycles. The second-order valence-corrected chi connectivity index (χ2v) is 7.32. The largest absolute Gasteiger partial charge is 0.381 e. The van der Waals surface area contributed by atoms with Crippen molar-refractivity contribution in [1.82, 2.24) is 9.97 Å². The number of halogens is 1. The predicted octanol–water partition coefficient (Wildman–Crippen LogP) is 3.11. The van der Waals surface area contributed by atoms with Crippen molar-refractivity contribution < 1.29 is 9.53 Å². The lowest BCUT2D eigenvalue weighted by atomic mass is 9.90. The van der Waals surface area contributed by atoms with Crippen LogP contribution in [-0.2, 0) is 9.53 Å². The van der Waals surface area contributed by atoms with E-state index in [4.69, 9.17) is 10.5 Å². The molecule has 3 rings (SSSR count). The maximum atomic E-state index is 12.4. The molecule has 1 fully saturated rings. The number of carbonyl (C=O) groups excluding carboxylic acids is 1. The summed E-state index contributed by atoms with van der Waals surface area (Å²) < 4.78 is 5.28. The zero-order valence-corrected chi connectivity index (χ0v) is 16.5. The molecule has 2 heterocycles. The first-order valence-electron chi connectivity index (χ1n) is 8.23. The lowest BCUT2D eigenvalue weighted by Crippen LogP contribution is -2.54. The van der Waals surface area contributed by atoms with Gasteiger partial charge in [0.2, 0.25) is 5.91 Å². The number of benzene rings is 1. The Balaban J connectivity index is 0.00000243. The molecule has 6 nitrogen and oxygen atoms in total. The molecule has 3 N–H and O–H groups in total. The number of rotatable bonds is 4. The van der Waals surface area contributed by atoms with Crippen LogP contribution in [0.3, 0.4) is 0 Å². The third-order valence-corrected chi connectivity index (χ3v) is 4.99. The molecule has 1 aliphatic rings. The molecule has 0 radical (unpaired) electrons. The molecule has 1 aliphatic heterocycles. The summed E-state index contributed by atoms with van der Waals surface area (Å²) in [6, 6.07) is 9.56. The van der Waals surface area contributed by atoms with Crippen LogP contribution in [0.2, 0.25) is 0 Å². The maximum absolute atomic E-state index is 12.4. The Morgan fingerprint density at radius 2 is 1.73 bits per heavy atom. The van der Waals surface area contributed by atoms with Crippen LogP contribution in [0.1, 0.15) is 24.2 Å². The Morgan fingerprint density at radius 1 is 1.15 bits per heavy atom. The van der Waals surface area contributed by atoms with E-state index in [1.165, 1.54) is 11.8 Å². The standard InChI is InChI=1S/C18H22N4O2S.ClH/c1-12-11-13(2)21-17(20-12)25-15-5-3-14(4-6-15)22-16(23)18(19)7-9-24-10-8-18;/h3-6,11H,7-10,19H2,1-2H3,(H,22,23);1H. The molecule has 2 aromatic rings. The average molecular weight is 395 g/mol. The van der Waals surface area contributed by atoms with E-state index < -0.39 is 5.54 Å². The van der Waals surface area contributed by atoms with Crippen LogP contribution in [-0.4, -0.2) is 34.6 Å². The number of nitrogens with one attached hydrogen (secondary N) is 1. The van der Waals surface area contributed by atoms with Crippen LogP contribution in [0.5, 0.6) is 0 Å². The van der Waals surface area contributed by atoms with Crippen LogP contribution in [0, 0.1) is 13.8 Å². The van der Waals surface area contributed by atoms with Crippen molar-refractivity contribution in [3.63, 3.8) is 0 Å². The van der Waals surface area contributed by atoms with E-state index in [0.29, 0.717) is 26.1 Å². The summed E-state index contributed by atoms with van der Waals surface area (Å²) in [5, 5.41) is 3.62. The van der Waals surface area contributed by atoms with Crippen molar-refractivity contribution in [3.05, 3.63) is 41.7 Å². The van der Waals surface area contributed by atoms with Crippen LogP contribution in [0.4, 0.5) is 5.69 Å². The van der Waals surface area contributed by atoms with E-state index in [-0.39, 0.29) is 18.3 Å². The number of aryl methyl sites for hydroxylation is 2. The van der Waals surface area contributed by atoms with E-state index in [0.717, 1.165) is 27.1 Å². The minimum atomic E-state index is -0.849. The molecule has 140 valence electrons. The first-order valence-corrected chi connectivity index (χ1v) is 9.05. The number of nitrogens with two attached hydrogens (primary N) is 1. The smallest absolute Gasteiger partial charge is 0.244 e. The first-order chi connectivity index (χ1) is 11.9. The highest BCUT2D eigenvalue weighted by atomic mass is 35.5. The normalized spacial score (nSPS) is 15.8.